The van der Waals surface area contributed by atoms with E-state index in [4.69, 9.17) is 0 Å². The number of aliphatic hydroxyl groups is 1. The summed E-state index contributed by atoms with van der Waals surface area (Å²) in [6.07, 6.45) is 1.73. The van der Waals surface area contributed by atoms with Gasteiger partial charge in [0.05, 0.1) is 10.9 Å². The lowest BCUT2D eigenvalue weighted by Crippen LogP contribution is -2.51. The Labute approximate surface area is 139 Å². The number of benzene rings is 1. The molecule has 2 atom stereocenters. The number of piperidine rings is 1. The molecule has 0 amide bonds. The molecule has 0 bridgehead atoms. The van der Waals surface area contributed by atoms with Gasteiger partial charge in [0, 0.05) is 25.6 Å². The maximum Gasteiger partial charge on any atom is 0.217 e. The minimum atomic E-state index is -3.26. The first-order valence-electron chi connectivity index (χ1n) is 8.23. The Morgan fingerprint density at radius 3 is 2.39 bits per heavy atom. The lowest BCUT2D eigenvalue weighted by molar-refractivity contribution is -0.0235. The summed E-state index contributed by atoms with van der Waals surface area (Å²) in [5.74, 6) is 0.129. The van der Waals surface area contributed by atoms with E-state index in [2.05, 4.69) is 0 Å². The molecule has 0 radical (unpaired) electrons. The third-order valence-electron chi connectivity index (χ3n) is 4.97. The van der Waals surface area contributed by atoms with Gasteiger partial charge < -0.3 is 10.0 Å². The fraction of sp³-hybridized carbons (Fsp3) is 0.647. The van der Waals surface area contributed by atoms with Gasteiger partial charge in [-0.15, -0.1) is 0 Å². The molecule has 1 N–H and O–H groups in total. The van der Waals surface area contributed by atoms with Crippen molar-refractivity contribution >= 4 is 10.0 Å². The van der Waals surface area contributed by atoms with Crippen molar-refractivity contribution in [1.29, 1.82) is 0 Å². The summed E-state index contributed by atoms with van der Waals surface area (Å²) < 4.78 is 27.2. The summed E-state index contributed by atoms with van der Waals surface area (Å²) in [5, 5.41) is 10.3. The highest BCUT2D eigenvalue weighted by Crippen LogP contribution is 2.47. The van der Waals surface area contributed by atoms with Crippen molar-refractivity contribution in [1.82, 2.24) is 9.21 Å². The number of rotatable bonds is 5. The fourth-order valence-corrected chi connectivity index (χ4v) is 5.74. The van der Waals surface area contributed by atoms with E-state index >= 15 is 0 Å². The van der Waals surface area contributed by atoms with Crippen molar-refractivity contribution in [2.75, 3.05) is 33.7 Å². The van der Waals surface area contributed by atoms with Gasteiger partial charge in [0.15, 0.2) is 0 Å². The van der Waals surface area contributed by atoms with Crippen LogP contribution in [-0.4, -0.2) is 67.3 Å². The summed E-state index contributed by atoms with van der Waals surface area (Å²) in [6, 6.07) is 9.88. The van der Waals surface area contributed by atoms with Gasteiger partial charge in [-0.2, -0.15) is 0 Å². The smallest absolute Gasteiger partial charge is 0.217 e. The van der Waals surface area contributed by atoms with Crippen LogP contribution >= 0.6 is 0 Å². The van der Waals surface area contributed by atoms with Gasteiger partial charge in [-0.05, 0) is 38.9 Å². The van der Waals surface area contributed by atoms with Gasteiger partial charge in [-0.25, -0.2) is 12.7 Å². The molecule has 6 heteroatoms. The van der Waals surface area contributed by atoms with Gasteiger partial charge >= 0.3 is 0 Å². The van der Waals surface area contributed by atoms with Crippen LogP contribution in [0.15, 0.2) is 30.3 Å². The summed E-state index contributed by atoms with van der Waals surface area (Å²) in [6.45, 7) is 1.42. The second kappa shape index (κ2) is 6.16. The molecule has 5 nitrogen and oxygen atoms in total. The number of sulfonamides is 1. The van der Waals surface area contributed by atoms with Crippen molar-refractivity contribution in [2.24, 2.45) is 0 Å². The molecule has 1 heterocycles. The molecular formula is C17H26N2O3S. The van der Waals surface area contributed by atoms with E-state index in [1.54, 1.807) is 4.31 Å². The maximum absolute atomic E-state index is 12.8. The molecule has 3 rings (SSSR count). The molecule has 1 saturated heterocycles. The Hall–Kier alpha value is -0.950. The Kier molecular flexibility index (Phi) is 4.53. The van der Waals surface area contributed by atoms with Gasteiger partial charge in [-0.3, -0.25) is 0 Å². The first kappa shape index (κ1) is 16.9. The zero-order valence-corrected chi connectivity index (χ0v) is 14.7. The van der Waals surface area contributed by atoms with Crippen molar-refractivity contribution in [3.63, 3.8) is 0 Å². The molecule has 0 spiro atoms. The van der Waals surface area contributed by atoms with Crippen LogP contribution in [0, 0.1) is 0 Å². The fourth-order valence-electron chi connectivity index (χ4n) is 3.65. The number of hydrogen-bond acceptors (Lipinski definition) is 4. The second-order valence-electron chi connectivity index (χ2n) is 7.20. The number of nitrogens with zero attached hydrogens (tertiary/aromatic N) is 2. The average molecular weight is 338 g/mol. The van der Waals surface area contributed by atoms with Crippen LogP contribution in [0.25, 0.3) is 0 Å². The van der Waals surface area contributed by atoms with Crippen LogP contribution in [0.5, 0.6) is 0 Å². The van der Waals surface area contributed by atoms with Gasteiger partial charge in [0.25, 0.3) is 0 Å². The highest BCUT2D eigenvalue weighted by Gasteiger charge is 2.51. The molecule has 1 aromatic rings. The normalized spacial score (nSPS) is 28.0. The quantitative estimate of drug-likeness (QED) is 0.878. The lowest BCUT2D eigenvalue weighted by atomic mass is 9.92. The molecule has 1 aliphatic heterocycles. The molecule has 1 saturated carbocycles. The molecular weight excluding hydrogens is 312 g/mol. The van der Waals surface area contributed by atoms with E-state index in [9.17, 15) is 13.5 Å². The maximum atomic E-state index is 12.8. The molecule has 2 aliphatic rings. The summed E-state index contributed by atoms with van der Waals surface area (Å²) in [5.41, 5.74) is 0.347. The van der Waals surface area contributed by atoms with Crippen molar-refractivity contribution in [3.05, 3.63) is 35.9 Å². The minimum Gasteiger partial charge on any atom is -0.388 e. The largest absolute Gasteiger partial charge is 0.388 e. The highest BCUT2D eigenvalue weighted by atomic mass is 32.2. The Balaban J connectivity index is 1.62. The van der Waals surface area contributed by atoms with Gasteiger partial charge in [0.1, 0.15) is 0 Å². The molecule has 0 aromatic heterocycles. The molecule has 0 unspecified atom stereocenters. The van der Waals surface area contributed by atoms with Crippen LogP contribution in [0.1, 0.15) is 30.7 Å². The zero-order chi connectivity index (χ0) is 16.7. The Morgan fingerprint density at radius 2 is 1.83 bits per heavy atom. The summed E-state index contributed by atoms with van der Waals surface area (Å²) >= 11 is 0. The predicted octanol–water partition coefficient (Wildman–Crippen LogP) is 1.26. The second-order valence-corrected chi connectivity index (χ2v) is 9.35. The van der Waals surface area contributed by atoms with Crippen molar-refractivity contribution in [2.45, 2.75) is 36.0 Å². The third kappa shape index (κ3) is 3.60. The van der Waals surface area contributed by atoms with Gasteiger partial charge in [-0.1, -0.05) is 30.3 Å². The third-order valence-corrected chi connectivity index (χ3v) is 7.34. The number of hydrogen-bond donors (Lipinski definition) is 1. The first-order chi connectivity index (χ1) is 10.8. The van der Waals surface area contributed by atoms with E-state index in [0.717, 1.165) is 5.56 Å². The molecule has 23 heavy (non-hydrogen) atoms. The van der Waals surface area contributed by atoms with Crippen molar-refractivity contribution < 1.29 is 13.5 Å². The van der Waals surface area contributed by atoms with E-state index < -0.39 is 15.6 Å². The Morgan fingerprint density at radius 1 is 1.22 bits per heavy atom. The predicted molar refractivity (Wildman–Crippen MR) is 90.8 cm³/mol. The standard InChI is InChI=1S/C17H26N2O3S/c1-18(2)13-17(20)8-10-19(11-9-17)23(21,22)16-12-15(16)14-6-4-3-5-7-14/h3-7,15-16,20H,8-13H2,1-2H3/t15-,16+/m0/s1. The molecule has 1 aliphatic carbocycles. The average Bonchev–Trinajstić information content (AvgIpc) is 3.28. The topological polar surface area (TPSA) is 60.9 Å². The SMILES string of the molecule is CN(C)CC1(O)CCN(S(=O)(=O)[C@@H]2C[C@H]2c2ccccc2)CC1. The molecule has 128 valence electrons. The monoisotopic (exact) mass is 338 g/mol. The van der Waals surface area contributed by atoms with Crippen LogP contribution in [0.4, 0.5) is 0 Å². The summed E-state index contributed by atoms with van der Waals surface area (Å²) in [7, 11) is 0.596. The van der Waals surface area contributed by atoms with Crippen LogP contribution < -0.4 is 0 Å². The lowest BCUT2D eigenvalue weighted by Gasteiger charge is -2.39. The minimum absolute atomic E-state index is 0.129. The van der Waals surface area contributed by atoms with E-state index in [1.807, 2.05) is 49.3 Å². The van der Waals surface area contributed by atoms with Crippen LogP contribution in [-0.2, 0) is 10.0 Å². The summed E-state index contributed by atoms with van der Waals surface area (Å²) in [4.78, 5) is 1.95. The van der Waals surface area contributed by atoms with E-state index in [-0.39, 0.29) is 11.2 Å². The Bertz CT molecular complexity index is 637. The van der Waals surface area contributed by atoms with E-state index in [1.165, 1.54) is 0 Å². The van der Waals surface area contributed by atoms with E-state index in [0.29, 0.717) is 38.9 Å². The van der Waals surface area contributed by atoms with Crippen molar-refractivity contribution in [3.8, 4) is 0 Å². The van der Waals surface area contributed by atoms with Crippen LogP contribution in [0.3, 0.4) is 0 Å². The first-order valence-corrected chi connectivity index (χ1v) is 9.73. The van der Waals surface area contributed by atoms with Gasteiger partial charge in [0.2, 0.25) is 10.0 Å². The molecule has 2 fully saturated rings. The van der Waals surface area contributed by atoms with Crippen LogP contribution in [0.2, 0.25) is 0 Å². The zero-order valence-electron chi connectivity index (χ0n) is 13.9. The molecule has 1 aromatic carbocycles. The highest BCUT2D eigenvalue weighted by molar-refractivity contribution is 7.90. The number of likely N-dealkylation sites (N-methyl/N-ethyl adjacent to an activating group) is 1.